The van der Waals surface area contributed by atoms with Crippen LogP contribution < -0.4 is 10.1 Å². The third-order valence-corrected chi connectivity index (χ3v) is 3.49. The van der Waals surface area contributed by atoms with E-state index in [9.17, 15) is 22.0 Å². The molecule has 0 radical (unpaired) electrons. The molecule has 1 amide bonds. The Hall–Kier alpha value is -1.92. The van der Waals surface area contributed by atoms with Gasteiger partial charge in [0.2, 0.25) is 0 Å². The number of amides is 1. The summed E-state index contributed by atoms with van der Waals surface area (Å²) in [6, 6.07) is 2.75. The summed E-state index contributed by atoms with van der Waals surface area (Å²) >= 11 is 0. The fourth-order valence-electron chi connectivity index (χ4n) is 1.26. The van der Waals surface area contributed by atoms with Gasteiger partial charge in [-0.15, -0.1) is 0 Å². The number of nitriles is 1. The quantitative estimate of drug-likeness (QED) is 0.623. The van der Waals surface area contributed by atoms with E-state index in [2.05, 4.69) is 10.1 Å². The first-order valence-electron chi connectivity index (χ1n) is 5.46. The maximum Gasteiger partial charge on any atom is 0.261 e. The van der Waals surface area contributed by atoms with Crippen LogP contribution in [0.1, 0.15) is 6.42 Å². The number of ether oxygens (including phenoxy) is 1. The molecular weight excluding hydrogens is 330 g/mol. The van der Waals surface area contributed by atoms with Gasteiger partial charge < -0.3 is 10.1 Å². The number of nitrogens with one attached hydrogen (secondary N) is 1. The fraction of sp³-hybridized carbons (Fsp3) is 0.273. The summed E-state index contributed by atoms with van der Waals surface area (Å²) < 4.78 is 53.6. The van der Waals surface area contributed by atoms with Gasteiger partial charge >= 0.3 is 0 Å². The molecule has 6 nitrogen and oxygen atoms in total. The third-order valence-electron chi connectivity index (χ3n) is 2.16. The predicted octanol–water partition coefficient (Wildman–Crippen LogP) is 1.30. The molecule has 1 rings (SSSR count). The van der Waals surface area contributed by atoms with Gasteiger partial charge in [-0.3, -0.25) is 4.79 Å². The Morgan fingerprint density at radius 1 is 1.38 bits per heavy atom. The lowest BCUT2D eigenvalue weighted by atomic mass is 10.3. The molecule has 0 heterocycles. The highest BCUT2D eigenvalue weighted by atomic mass is 35.7. The number of benzene rings is 1. The van der Waals surface area contributed by atoms with E-state index in [0.29, 0.717) is 12.1 Å². The second-order valence-corrected chi connectivity index (χ2v) is 6.27. The van der Waals surface area contributed by atoms with Crippen LogP contribution in [-0.4, -0.2) is 27.5 Å². The molecule has 0 aliphatic carbocycles. The van der Waals surface area contributed by atoms with E-state index in [0.717, 1.165) is 0 Å². The number of hydrogen-bond donors (Lipinski definition) is 1. The van der Waals surface area contributed by atoms with E-state index in [-0.39, 0.29) is 13.0 Å². The number of halogens is 3. The zero-order valence-corrected chi connectivity index (χ0v) is 12.0. The Bertz CT molecular complexity index is 665. The minimum Gasteiger partial charge on any atom is -0.478 e. The number of hydrogen-bond acceptors (Lipinski definition) is 5. The molecule has 10 heteroatoms. The van der Waals surface area contributed by atoms with E-state index < -0.39 is 43.8 Å². The first kappa shape index (κ1) is 17.1. The van der Waals surface area contributed by atoms with E-state index in [1.165, 1.54) is 0 Å². The van der Waals surface area contributed by atoms with Crippen molar-refractivity contribution >= 4 is 25.6 Å². The molecule has 0 unspecified atom stereocenters. The summed E-state index contributed by atoms with van der Waals surface area (Å²) in [5.74, 6) is -4.19. The van der Waals surface area contributed by atoms with E-state index >= 15 is 0 Å². The Balaban J connectivity index is 2.77. The Kier molecular flexibility index (Phi) is 5.87. The van der Waals surface area contributed by atoms with Crippen molar-refractivity contribution in [2.75, 3.05) is 13.2 Å². The average molecular weight is 339 g/mol. The summed E-state index contributed by atoms with van der Waals surface area (Å²) in [4.78, 5) is 10.5. The first-order chi connectivity index (χ1) is 9.75. The van der Waals surface area contributed by atoms with Crippen molar-refractivity contribution in [3.05, 3.63) is 23.8 Å². The average Bonchev–Trinajstić information content (AvgIpc) is 2.36. The van der Waals surface area contributed by atoms with E-state index in [4.69, 9.17) is 15.9 Å². The maximum absolute atomic E-state index is 13.5. The standard InChI is InChI=1S/C11H9ClF2N2O4S/c12-21(18,19)7-4-8(13)11(9(14)5-7)20-6-10(17)16-3-1-2-15/h4-5H,1,3,6H2,(H,16,17). The number of carbonyl (C=O) groups excluding carboxylic acids is 1. The molecule has 21 heavy (non-hydrogen) atoms. The number of carbonyl (C=O) groups is 1. The van der Waals surface area contributed by atoms with Gasteiger partial charge in [-0.25, -0.2) is 17.2 Å². The predicted molar refractivity (Wildman–Crippen MR) is 68.1 cm³/mol. The Morgan fingerprint density at radius 3 is 2.43 bits per heavy atom. The summed E-state index contributed by atoms with van der Waals surface area (Å²) in [7, 11) is 0.677. The van der Waals surface area contributed by atoms with Crippen molar-refractivity contribution in [3.8, 4) is 11.8 Å². The number of rotatable bonds is 6. The zero-order chi connectivity index (χ0) is 16.0. The van der Waals surface area contributed by atoms with Crippen LogP contribution in [0.25, 0.3) is 0 Å². The largest absolute Gasteiger partial charge is 0.478 e. The molecule has 0 aliphatic rings. The molecular formula is C11H9ClF2N2O4S. The molecule has 0 bridgehead atoms. The molecule has 114 valence electrons. The van der Waals surface area contributed by atoms with Crippen molar-refractivity contribution in [1.82, 2.24) is 5.32 Å². The van der Waals surface area contributed by atoms with Crippen molar-refractivity contribution in [1.29, 1.82) is 5.26 Å². The zero-order valence-electron chi connectivity index (χ0n) is 10.4. The van der Waals surface area contributed by atoms with Crippen LogP contribution in [-0.2, 0) is 13.8 Å². The molecule has 0 atom stereocenters. The van der Waals surface area contributed by atoms with Crippen LogP contribution in [0.2, 0.25) is 0 Å². The minimum absolute atomic E-state index is 0.0765. The molecule has 0 aromatic heterocycles. The second kappa shape index (κ2) is 7.19. The van der Waals surface area contributed by atoms with E-state index in [1.54, 1.807) is 6.07 Å². The van der Waals surface area contributed by atoms with Crippen molar-refractivity contribution < 1.29 is 26.7 Å². The monoisotopic (exact) mass is 338 g/mol. The van der Waals surface area contributed by atoms with Gasteiger partial charge in [0, 0.05) is 17.2 Å². The lowest BCUT2D eigenvalue weighted by Crippen LogP contribution is -2.29. The van der Waals surface area contributed by atoms with Crippen LogP contribution in [0.15, 0.2) is 17.0 Å². The molecule has 1 aromatic carbocycles. The summed E-state index contributed by atoms with van der Waals surface area (Å²) in [5, 5.41) is 10.5. The minimum atomic E-state index is -4.28. The molecule has 0 saturated carbocycles. The lowest BCUT2D eigenvalue weighted by Gasteiger charge is -2.09. The van der Waals surface area contributed by atoms with Crippen LogP contribution in [0.4, 0.5) is 8.78 Å². The SMILES string of the molecule is N#CCCNC(=O)COc1c(F)cc(S(=O)(=O)Cl)cc1F. The van der Waals surface area contributed by atoms with Gasteiger partial charge in [-0.1, -0.05) is 0 Å². The molecule has 0 spiro atoms. The summed E-state index contributed by atoms with van der Waals surface area (Å²) in [6.07, 6.45) is 0.0801. The highest BCUT2D eigenvalue weighted by molar-refractivity contribution is 8.13. The Labute approximate surface area is 123 Å². The molecule has 0 aliphatic heterocycles. The normalized spacial score (nSPS) is 10.8. The smallest absolute Gasteiger partial charge is 0.261 e. The molecule has 0 fully saturated rings. The second-order valence-electron chi connectivity index (χ2n) is 3.70. The highest BCUT2D eigenvalue weighted by Gasteiger charge is 2.19. The third kappa shape index (κ3) is 5.17. The molecule has 1 N–H and O–H groups in total. The van der Waals surface area contributed by atoms with Gasteiger partial charge in [0.25, 0.3) is 15.0 Å². The summed E-state index contributed by atoms with van der Waals surface area (Å²) in [6.45, 7) is -0.612. The highest BCUT2D eigenvalue weighted by Crippen LogP contribution is 2.27. The topological polar surface area (TPSA) is 96.3 Å². The molecule has 0 saturated heterocycles. The van der Waals surface area contributed by atoms with Crippen LogP contribution in [0, 0.1) is 23.0 Å². The van der Waals surface area contributed by atoms with Crippen LogP contribution in [0.3, 0.4) is 0 Å². The molecule has 1 aromatic rings. The van der Waals surface area contributed by atoms with Gasteiger partial charge in [-0.05, 0) is 12.1 Å². The van der Waals surface area contributed by atoms with Gasteiger partial charge in [0.1, 0.15) is 0 Å². The number of nitrogens with zero attached hydrogens (tertiary/aromatic N) is 1. The fourth-order valence-corrected chi connectivity index (χ4v) is 2.02. The Morgan fingerprint density at radius 2 is 1.95 bits per heavy atom. The first-order valence-corrected chi connectivity index (χ1v) is 7.76. The van der Waals surface area contributed by atoms with Crippen molar-refractivity contribution in [3.63, 3.8) is 0 Å². The van der Waals surface area contributed by atoms with Gasteiger partial charge in [0.15, 0.2) is 24.0 Å². The maximum atomic E-state index is 13.5. The van der Waals surface area contributed by atoms with Gasteiger partial charge in [0.05, 0.1) is 17.4 Å². The van der Waals surface area contributed by atoms with Crippen LogP contribution >= 0.6 is 10.7 Å². The van der Waals surface area contributed by atoms with Gasteiger partial charge in [-0.2, -0.15) is 5.26 Å². The van der Waals surface area contributed by atoms with Crippen LogP contribution in [0.5, 0.6) is 5.75 Å². The van der Waals surface area contributed by atoms with Crippen molar-refractivity contribution in [2.24, 2.45) is 0 Å². The summed E-state index contributed by atoms with van der Waals surface area (Å²) in [5.41, 5.74) is 0. The van der Waals surface area contributed by atoms with E-state index in [1.807, 2.05) is 0 Å². The van der Waals surface area contributed by atoms with Crippen molar-refractivity contribution in [2.45, 2.75) is 11.3 Å². The lowest BCUT2D eigenvalue weighted by molar-refractivity contribution is -0.123.